The van der Waals surface area contributed by atoms with Crippen LogP contribution in [0.25, 0.3) is 10.4 Å². The molecule has 0 saturated heterocycles. The number of thiophene rings is 1. The van der Waals surface area contributed by atoms with Gasteiger partial charge in [-0.2, -0.15) is 0 Å². The van der Waals surface area contributed by atoms with Crippen LogP contribution in [0.4, 0.5) is 8.78 Å². The number of hydrogen-bond acceptors (Lipinski definition) is 2. The van der Waals surface area contributed by atoms with Crippen molar-refractivity contribution in [1.29, 1.82) is 0 Å². The summed E-state index contributed by atoms with van der Waals surface area (Å²) in [6, 6.07) is 6.16. The average Bonchev–Trinajstić information content (AvgIpc) is 2.67. The van der Waals surface area contributed by atoms with E-state index in [4.69, 9.17) is 0 Å². The fourth-order valence-corrected chi connectivity index (χ4v) is 2.12. The van der Waals surface area contributed by atoms with Gasteiger partial charge in [0.1, 0.15) is 0 Å². The van der Waals surface area contributed by atoms with Crippen molar-refractivity contribution in [3.05, 3.63) is 45.7 Å². The van der Waals surface area contributed by atoms with Crippen molar-refractivity contribution >= 4 is 11.3 Å². The fraction of sp³-hybridized carbons (Fsp3) is 0.100. The molecule has 0 bridgehead atoms. The first-order valence-electron chi connectivity index (χ1n) is 4.24. The maximum atomic E-state index is 12.3. The molecule has 15 heavy (non-hydrogen) atoms. The molecule has 2 heterocycles. The third-order valence-corrected chi connectivity index (χ3v) is 3.05. The van der Waals surface area contributed by atoms with E-state index in [9.17, 15) is 13.6 Å². The van der Waals surface area contributed by atoms with Gasteiger partial charge in [0.25, 0.3) is 12.0 Å². The molecule has 5 heteroatoms. The highest BCUT2D eigenvalue weighted by Crippen LogP contribution is 2.31. The van der Waals surface area contributed by atoms with Gasteiger partial charge in [0, 0.05) is 11.1 Å². The zero-order valence-electron chi connectivity index (χ0n) is 7.54. The van der Waals surface area contributed by atoms with E-state index in [1.807, 2.05) is 0 Å². The lowest BCUT2D eigenvalue weighted by atomic mass is 10.2. The molecule has 2 aromatic rings. The van der Waals surface area contributed by atoms with Crippen LogP contribution in [0.1, 0.15) is 11.3 Å². The number of halogens is 2. The lowest BCUT2D eigenvalue weighted by Gasteiger charge is -1.94. The van der Waals surface area contributed by atoms with Crippen LogP contribution in [0.5, 0.6) is 0 Å². The van der Waals surface area contributed by atoms with Gasteiger partial charge in [0.2, 0.25) is 0 Å². The zero-order chi connectivity index (χ0) is 10.8. The van der Waals surface area contributed by atoms with Crippen LogP contribution in [0.15, 0.2) is 35.3 Å². The smallest absolute Gasteiger partial charge is 0.272 e. The Kier molecular flexibility index (Phi) is 2.64. The van der Waals surface area contributed by atoms with Gasteiger partial charge < -0.3 is 4.98 Å². The molecule has 0 aliphatic heterocycles. The lowest BCUT2D eigenvalue weighted by Crippen LogP contribution is -2.05. The maximum Gasteiger partial charge on any atom is 0.272 e. The van der Waals surface area contributed by atoms with Crippen molar-refractivity contribution in [3.8, 4) is 10.4 Å². The van der Waals surface area contributed by atoms with Gasteiger partial charge in [0.15, 0.2) is 0 Å². The summed E-state index contributed by atoms with van der Waals surface area (Å²) in [7, 11) is 0. The Morgan fingerprint density at radius 1 is 1.27 bits per heavy atom. The second-order valence-electron chi connectivity index (χ2n) is 2.92. The summed E-state index contributed by atoms with van der Waals surface area (Å²) in [5.74, 6) is 0. The largest absolute Gasteiger partial charge is 0.329 e. The monoisotopic (exact) mass is 227 g/mol. The number of alkyl halides is 2. The normalized spacial score (nSPS) is 10.9. The average molecular weight is 227 g/mol. The molecule has 0 spiro atoms. The Hall–Kier alpha value is -1.49. The Morgan fingerprint density at radius 2 is 2.07 bits per heavy atom. The van der Waals surface area contributed by atoms with E-state index in [2.05, 4.69) is 4.98 Å². The summed E-state index contributed by atoms with van der Waals surface area (Å²) in [5, 5.41) is 0. The third kappa shape index (κ3) is 1.97. The first-order chi connectivity index (χ1) is 7.18. The highest BCUT2D eigenvalue weighted by Gasteiger charge is 2.12. The predicted octanol–water partition coefficient (Wildman–Crippen LogP) is 3.04. The van der Waals surface area contributed by atoms with Crippen LogP contribution in [0, 0.1) is 0 Å². The summed E-state index contributed by atoms with van der Waals surface area (Å²) >= 11 is 0.938. The molecule has 2 nitrogen and oxygen atoms in total. The Labute approximate surface area is 88.2 Å². The molecule has 0 aliphatic rings. The molecule has 78 valence electrons. The lowest BCUT2D eigenvalue weighted by molar-refractivity contribution is 0.155. The minimum Gasteiger partial charge on any atom is -0.329 e. The molecule has 0 radical (unpaired) electrons. The van der Waals surface area contributed by atoms with Gasteiger partial charge in [-0.15, -0.1) is 11.3 Å². The molecule has 0 aromatic carbocycles. The second-order valence-corrected chi connectivity index (χ2v) is 4.03. The van der Waals surface area contributed by atoms with Crippen LogP contribution in [0.2, 0.25) is 0 Å². The zero-order valence-corrected chi connectivity index (χ0v) is 8.35. The number of pyridine rings is 1. The van der Waals surface area contributed by atoms with Crippen molar-refractivity contribution in [2.24, 2.45) is 0 Å². The standard InChI is InChI=1S/C10H7F2NOS/c11-9(12)8-4-3-7(15-8)6-2-1-5-13-10(6)14/h1-5,9H,(H,13,14). The highest BCUT2D eigenvalue weighted by atomic mass is 32.1. The second kappa shape index (κ2) is 3.94. The number of aromatic nitrogens is 1. The van der Waals surface area contributed by atoms with Crippen LogP contribution < -0.4 is 5.56 Å². The van der Waals surface area contributed by atoms with Crippen LogP contribution >= 0.6 is 11.3 Å². The highest BCUT2D eigenvalue weighted by molar-refractivity contribution is 7.15. The van der Waals surface area contributed by atoms with E-state index in [0.29, 0.717) is 10.4 Å². The summed E-state index contributed by atoms with van der Waals surface area (Å²) in [6.45, 7) is 0. The van der Waals surface area contributed by atoms with E-state index >= 15 is 0 Å². The van der Waals surface area contributed by atoms with Gasteiger partial charge in [-0.25, -0.2) is 8.78 Å². The maximum absolute atomic E-state index is 12.3. The van der Waals surface area contributed by atoms with Gasteiger partial charge in [0.05, 0.1) is 10.4 Å². The van der Waals surface area contributed by atoms with Crippen molar-refractivity contribution in [2.75, 3.05) is 0 Å². The number of rotatable bonds is 2. The Balaban J connectivity index is 2.47. The first kappa shape index (κ1) is 10.0. The Bertz CT molecular complexity index is 518. The van der Waals surface area contributed by atoms with Gasteiger partial charge in [-0.3, -0.25) is 4.79 Å². The molecule has 0 saturated carbocycles. The summed E-state index contributed by atoms with van der Waals surface area (Å²) < 4.78 is 24.6. The molecule has 2 rings (SSSR count). The first-order valence-corrected chi connectivity index (χ1v) is 5.06. The molecular weight excluding hydrogens is 220 g/mol. The third-order valence-electron chi connectivity index (χ3n) is 1.93. The number of hydrogen-bond donors (Lipinski definition) is 1. The molecular formula is C10H7F2NOS. The number of nitrogens with one attached hydrogen (secondary N) is 1. The van der Waals surface area contributed by atoms with Crippen molar-refractivity contribution in [2.45, 2.75) is 6.43 Å². The van der Waals surface area contributed by atoms with Gasteiger partial charge >= 0.3 is 0 Å². The molecule has 1 N–H and O–H groups in total. The molecule has 0 amide bonds. The summed E-state index contributed by atoms with van der Waals surface area (Å²) in [5.41, 5.74) is 0.162. The number of aromatic amines is 1. The van der Waals surface area contributed by atoms with E-state index in [1.54, 1.807) is 12.1 Å². The van der Waals surface area contributed by atoms with E-state index in [1.165, 1.54) is 18.3 Å². The summed E-state index contributed by atoms with van der Waals surface area (Å²) in [4.78, 5) is 14.4. The van der Waals surface area contributed by atoms with Crippen molar-refractivity contribution in [1.82, 2.24) is 4.98 Å². The van der Waals surface area contributed by atoms with E-state index in [-0.39, 0.29) is 10.4 Å². The van der Waals surface area contributed by atoms with Crippen molar-refractivity contribution in [3.63, 3.8) is 0 Å². The summed E-state index contributed by atoms with van der Waals surface area (Å²) in [6.07, 6.45) is -0.973. The minimum atomic E-state index is -2.48. The minimum absolute atomic E-state index is 0.0201. The van der Waals surface area contributed by atoms with Gasteiger partial charge in [-0.05, 0) is 24.3 Å². The Morgan fingerprint density at radius 3 is 2.67 bits per heavy atom. The number of H-pyrrole nitrogens is 1. The van der Waals surface area contributed by atoms with Gasteiger partial charge in [-0.1, -0.05) is 0 Å². The fourth-order valence-electron chi connectivity index (χ4n) is 1.23. The molecule has 0 atom stereocenters. The van der Waals surface area contributed by atoms with Crippen LogP contribution in [0.3, 0.4) is 0 Å². The van der Waals surface area contributed by atoms with E-state index < -0.39 is 6.43 Å². The van der Waals surface area contributed by atoms with E-state index in [0.717, 1.165) is 11.3 Å². The predicted molar refractivity (Wildman–Crippen MR) is 55.3 cm³/mol. The molecule has 0 aliphatic carbocycles. The van der Waals surface area contributed by atoms with Crippen molar-refractivity contribution < 1.29 is 8.78 Å². The SMILES string of the molecule is O=c1[nH]cccc1-c1ccc(C(F)F)s1. The topological polar surface area (TPSA) is 32.9 Å². The quantitative estimate of drug-likeness (QED) is 0.840. The molecule has 2 aromatic heterocycles. The molecule has 0 fully saturated rings. The molecule has 0 unspecified atom stereocenters. The van der Waals surface area contributed by atoms with Crippen LogP contribution in [-0.4, -0.2) is 4.98 Å². The van der Waals surface area contributed by atoms with Crippen LogP contribution in [-0.2, 0) is 0 Å².